The van der Waals surface area contributed by atoms with Gasteiger partial charge in [-0.25, -0.2) is 15.0 Å². The van der Waals surface area contributed by atoms with Gasteiger partial charge in [-0.1, -0.05) is 151 Å². The van der Waals surface area contributed by atoms with Gasteiger partial charge in [0.25, 0.3) is 0 Å². The zero-order chi connectivity index (χ0) is 65.7. The first-order valence-electron chi connectivity index (χ1n) is 32.7. The Labute approximate surface area is 369 Å². The van der Waals surface area contributed by atoms with Crippen molar-refractivity contribution >= 4 is 43.6 Å². The van der Waals surface area contributed by atoms with Crippen molar-refractivity contribution in [2.75, 3.05) is 0 Å². The van der Waals surface area contributed by atoms with E-state index in [-0.39, 0.29) is 0 Å². The van der Waals surface area contributed by atoms with Crippen LogP contribution in [0.25, 0.3) is 100 Å². The van der Waals surface area contributed by atoms with E-state index >= 15 is 0 Å². The van der Waals surface area contributed by atoms with Gasteiger partial charge in [-0.2, -0.15) is 0 Å². The van der Waals surface area contributed by atoms with E-state index in [1.54, 1.807) is 0 Å². The Morgan fingerprint density at radius 3 is 1.27 bits per heavy atom. The predicted octanol–water partition coefficient (Wildman–Crippen LogP) is 12.7. The fourth-order valence-electron chi connectivity index (χ4n) is 6.04. The minimum atomic E-state index is -1.17. The molecule has 0 fully saturated rings. The molecule has 262 valence electrons. The van der Waals surface area contributed by atoms with Crippen LogP contribution in [0.2, 0.25) is 0 Å². The summed E-state index contributed by atoms with van der Waals surface area (Å²) < 4.78 is 297. The zero-order valence-corrected chi connectivity index (χ0v) is 27.7. The lowest BCUT2D eigenvalue weighted by Crippen LogP contribution is -2.01. The van der Waals surface area contributed by atoms with Crippen LogP contribution in [0.15, 0.2) is 199 Å². The summed E-state index contributed by atoms with van der Waals surface area (Å²) in [5.74, 6) is -2.94. The van der Waals surface area contributed by atoms with Crippen molar-refractivity contribution in [2.24, 2.45) is 0 Å². The van der Waals surface area contributed by atoms with Gasteiger partial charge >= 0.3 is 0 Å². The van der Waals surface area contributed by atoms with Gasteiger partial charge in [0.1, 0.15) is 0 Å². The number of para-hydroxylation sites is 3. The Morgan fingerprint density at radius 2 is 0.679 bits per heavy atom. The molecule has 0 saturated heterocycles. The third-order valence-electron chi connectivity index (χ3n) is 8.42. The second kappa shape index (κ2) is 13.0. The average Bonchev–Trinajstić information content (AvgIpc) is 1.56. The third-order valence-corrected chi connectivity index (χ3v) is 8.42. The average molecular weight is 749 g/mol. The molecule has 0 spiro atoms. The molecule has 3 heterocycles. The molecule has 0 radical (unpaired) electrons. The summed E-state index contributed by atoms with van der Waals surface area (Å²) in [4.78, 5) is 12.9. The summed E-state index contributed by atoms with van der Waals surface area (Å²) in [6.45, 7) is 0. The molecular weight excluding hydrogens is 683 g/mol. The van der Waals surface area contributed by atoms with E-state index < -0.39 is 300 Å². The highest BCUT2D eigenvalue weighted by Gasteiger charge is 2.18. The molecule has 0 unspecified atom stereocenters. The van der Waals surface area contributed by atoms with Crippen LogP contribution in [0.3, 0.4) is 0 Å². The van der Waals surface area contributed by atoms with Crippen molar-refractivity contribution in [3.05, 3.63) is 199 Å². The number of hydrogen-bond donors (Lipinski definition) is 0. The topological polar surface area (TPSA) is 48.5 Å². The molecular formula is C51H33N5. The molecule has 56 heavy (non-hydrogen) atoms. The van der Waals surface area contributed by atoms with Crippen molar-refractivity contribution in [2.45, 2.75) is 0 Å². The summed E-state index contributed by atoms with van der Waals surface area (Å²) in [5, 5.41) is -2.39. The van der Waals surface area contributed by atoms with Gasteiger partial charge in [-0.15, -0.1) is 0 Å². The van der Waals surface area contributed by atoms with Gasteiger partial charge in [0.15, 0.2) is 17.5 Å². The minimum Gasteiger partial charge on any atom is -0.309 e. The molecule has 11 aromatic rings. The molecule has 0 amide bonds. The lowest BCUT2D eigenvalue weighted by molar-refractivity contribution is 1.07. The maximum atomic E-state index is 9.99. The molecule has 8 aromatic carbocycles. The number of nitrogens with zero attached hydrogens (tertiary/aromatic N) is 5. The van der Waals surface area contributed by atoms with Crippen molar-refractivity contribution < 1.29 is 45.2 Å². The second-order valence-corrected chi connectivity index (χ2v) is 11.6. The summed E-state index contributed by atoms with van der Waals surface area (Å²) in [7, 11) is 0. The molecule has 0 aliphatic carbocycles. The Kier molecular flexibility index (Phi) is 3.03. The second-order valence-electron chi connectivity index (χ2n) is 11.6. The molecule has 0 aliphatic rings. The Bertz CT molecular complexity index is 5020. The molecule has 3 aromatic heterocycles. The lowest BCUT2D eigenvalue weighted by Gasteiger charge is -2.12. The highest BCUT2D eigenvalue weighted by molar-refractivity contribution is 6.12. The number of hydrogen-bond acceptors (Lipinski definition) is 3. The Hall–Kier alpha value is -7.63. The van der Waals surface area contributed by atoms with Crippen molar-refractivity contribution in [3.8, 4) is 56.7 Å². The smallest absolute Gasteiger partial charge is 0.164 e. The van der Waals surface area contributed by atoms with E-state index in [4.69, 9.17) is 30.2 Å². The van der Waals surface area contributed by atoms with E-state index in [2.05, 4.69) is 15.0 Å². The number of aromatic nitrogens is 5. The summed E-state index contributed by atoms with van der Waals surface area (Å²) in [6.07, 6.45) is 0. The summed E-state index contributed by atoms with van der Waals surface area (Å²) >= 11 is 0. The number of benzene rings is 8. The van der Waals surface area contributed by atoms with Gasteiger partial charge in [0.05, 0.1) is 67.3 Å². The molecule has 5 nitrogen and oxygen atoms in total. The van der Waals surface area contributed by atoms with Crippen molar-refractivity contribution in [3.63, 3.8) is 0 Å². The van der Waals surface area contributed by atoms with Gasteiger partial charge in [0.2, 0.25) is 0 Å². The van der Waals surface area contributed by atoms with Crippen LogP contribution in [0.4, 0.5) is 0 Å². The number of rotatable bonds is 6. The standard InChI is InChI=1S/C51H33N5/c1-3-14-34(15-4-1)35-26-28-37(29-27-35)50-52-49(36-16-5-2-6-17-36)53-51(54-50)38-18-13-19-39(32-38)55-47-25-12-9-22-43(47)44-33-40(30-31-48(44)55)56-45-23-10-7-20-41(45)42-21-8-11-24-46(42)56/h1-33H/i1D,2D,3D,4D,5D,6D,7D,8D,9D,10D,11D,12D,13D,14D,15D,16D,17D,18D,19D,20D,21D,22D,23D,24D,25D,26D,27D,28D,29D,30D,31D,32D,33D. The Morgan fingerprint density at radius 1 is 0.286 bits per heavy atom. The molecule has 0 N–H and O–H groups in total. The molecule has 5 heteroatoms. The quantitative estimate of drug-likeness (QED) is 0.170. The van der Waals surface area contributed by atoms with Crippen LogP contribution in [-0.4, -0.2) is 24.1 Å². The fourth-order valence-corrected chi connectivity index (χ4v) is 6.04. The first-order valence-corrected chi connectivity index (χ1v) is 16.2. The Balaban J connectivity index is 1.30. The first kappa shape index (κ1) is 13.0. The fraction of sp³-hybridized carbons (Fsp3) is 0. The van der Waals surface area contributed by atoms with Gasteiger partial charge in [-0.05, 0) is 59.5 Å². The van der Waals surface area contributed by atoms with Gasteiger partial charge < -0.3 is 9.13 Å². The SMILES string of the molecule is [2H]c1c([2H])c([2H])c(-c2nc(-c3c([2H])c([2H])c(-c4c([2H])c([2H])c([2H])c([2H])c4[2H])c([2H])c3[2H])nc(-c3c([2H])c([2H])c([2H])c(-n4c5c([2H])c([2H])c([2H])c([2H])c5c5c([2H])c(-n6c7c([2H])c([2H])c([2H])c([2H])c7c7c([2H])c([2H])c([2H])c([2H])c76)c([2H])c([2H])c54)c3[2H])n2)c([2H])c1[2H]. The molecule has 11 rings (SSSR count). The monoisotopic (exact) mass is 748 g/mol. The highest BCUT2D eigenvalue weighted by Crippen LogP contribution is 2.37. The molecule has 0 atom stereocenters. The molecule has 0 bridgehead atoms. The zero-order valence-electron chi connectivity index (χ0n) is 60.7. The maximum absolute atomic E-state index is 9.99. The third kappa shape index (κ3) is 5.29. The summed E-state index contributed by atoms with van der Waals surface area (Å²) in [6, 6.07) is -32.2. The van der Waals surface area contributed by atoms with Crippen LogP contribution in [0.1, 0.15) is 45.2 Å². The van der Waals surface area contributed by atoms with E-state index in [1.807, 2.05) is 0 Å². The van der Waals surface area contributed by atoms with Crippen LogP contribution >= 0.6 is 0 Å². The van der Waals surface area contributed by atoms with E-state index in [1.165, 1.54) is 0 Å². The predicted molar refractivity (Wildman–Crippen MR) is 230 cm³/mol. The minimum absolute atomic E-state index is 0.504. The maximum Gasteiger partial charge on any atom is 0.164 e. The highest BCUT2D eigenvalue weighted by atomic mass is 15.0. The van der Waals surface area contributed by atoms with Gasteiger partial charge in [0, 0.05) is 49.6 Å². The largest absolute Gasteiger partial charge is 0.309 e. The van der Waals surface area contributed by atoms with Crippen LogP contribution < -0.4 is 0 Å². The van der Waals surface area contributed by atoms with Crippen LogP contribution in [0, 0.1) is 0 Å². The molecule has 0 aliphatic heterocycles. The van der Waals surface area contributed by atoms with Crippen molar-refractivity contribution in [1.82, 2.24) is 24.1 Å². The van der Waals surface area contributed by atoms with Crippen LogP contribution in [-0.2, 0) is 0 Å². The lowest BCUT2D eigenvalue weighted by atomic mass is 10.0. The van der Waals surface area contributed by atoms with E-state index in [0.29, 0.717) is 4.57 Å². The first-order chi connectivity index (χ1) is 41.5. The normalized spacial score (nSPS) is 19.8. The summed E-state index contributed by atoms with van der Waals surface area (Å²) in [5.41, 5.74) is -8.86. The van der Waals surface area contributed by atoms with E-state index in [9.17, 15) is 15.1 Å². The number of fused-ring (bicyclic) bond motifs is 6. The van der Waals surface area contributed by atoms with Crippen LogP contribution in [0.5, 0.6) is 0 Å². The van der Waals surface area contributed by atoms with Gasteiger partial charge in [-0.3, -0.25) is 0 Å². The van der Waals surface area contributed by atoms with E-state index in [0.717, 1.165) is 4.57 Å². The molecule has 0 saturated carbocycles. The van der Waals surface area contributed by atoms with Crippen molar-refractivity contribution in [1.29, 1.82) is 0 Å².